The third kappa shape index (κ3) is 4.16. The van der Waals surface area contributed by atoms with Crippen molar-refractivity contribution in [2.75, 3.05) is 32.8 Å². The summed E-state index contributed by atoms with van der Waals surface area (Å²) >= 11 is 0. The summed E-state index contributed by atoms with van der Waals surface area (Å²) in [6.07, 6.45) is -0.245. The van der Waals surface area contributed by atoms with Crippen LogP contribution in [-0.2, 0) is 14.8 Å². The van der Waals surface area contributed by atoms with Crippen molar-refractivity contribution >= 4 is 10.0 Å². The minimum atomic E-state index is -4.10. The van der Waals surface area contributed by atoms with Gasteiger partial charge in [-0.15, -0.1) is 0 Å². The van der Waals surface area contributed by atoms with E-state index in [2.05, 4.69) is 4.90 Å². The Hall–Kier alpha value is -2.31. The smallest absolute Gasteiger partial charge is 0.246 e. The lowest BCUT2D eigenvalue weighted by Crippen LogP contribution is -2.49. The Bertz CT molecular complexity index is 1250. The Morgan fingerprint density at radius 1 is 0.882 bits per heavy atom. The average Bonchev–Trinajstić information content (AvgIpc) is 3.35. The highest BCUT2D eigenvalue weighted by Gasteiger charge is 2.41. The molecule has 11 heteroatoms. The first-order valence-corrected chi connectivity index (χ1v) is 12.3. The van der Waals surface area contributed by atoms with Crippen molar-refractivity contribution in [1.29, 1.82) is 0 Å². The molecule has 2 N–H and O–H groups in total. The Morgan fingerprint density at radius 3 is 2.18 bits per heavy atom. The average molecular weight is 498 g/mol. The van der Waals surface area contributed by atoms with Gasteiger partial charge >= 0.3 is 0 Å². The molecule has 3 atom stereocenters. The molecule has 3 aliphatic heterocycles. The van der Waals surface area contributed by atoms with Crippen molar-refractivity contribution in [1.82, 2.24) is 9.21 Å². The number of sulfonamides is 1. The molecular weight excluding hydrogens is 474 g/mol. The molecule has 0 amide bonds. The molecule has 0 radical (unpaired) electrons. The van der Waals surface area contributed by atoms with Crippen LogP contribution in [0.5, 0.6) is 0 Å². The van der Waals surface area contributed by atoms with Gasteiger partial charge in [0, 0.05) is 49.9 Å². The number of benzene rings is 2. The third-order valence-corrected chi connectivity index (χ3v) is 8.54. The molecule has 6 nitrogen and oxygen atoms in total. The molecule has 1 saturated heterocycles. The number of nitrogens with zero attached hydrogens (tertiary/aromatic N) is 2. The predicted octanol–water partition coefficient (Wildman–Crippen LogP) is 2.72. The second-order valence-electron chi connectivity index (χ2n) is 8.93. The zero-order valence-corrected chi connectivity index (χ0v) is 18.9. The quantitative estimate of drug-likeness (QED) is 0.520. The van der Waals surface area contributed by atoms with E-state index in [1.807, 2.05) is 0 Å². The molecule has 0 aromatic heterocycles. The van der Waals surface area contributed by atoms with E-state index in [1.54, 1.807) is 0 Å². The van der Waals surface area contributed by atoms with Gasteiger partial charge in [0.05, 0.1) is 6.61 Å². The van der Waals surface area contributed by atoms with Gasteiger partial charge in [-0.1, -0.05) is 0 Å². The molecule has 0 saturated carbocycles. The van der Waals surface area contributed by atoms with E-state index >= 15 is 0 Å². The lowest BCUT2D eigenvalue weighted by atomic mass is 9.93. The molecule has 0 bridgehead atoms. The van der Waals surface area contributed by atoms with Crippen LogP contribution >= 0.6 is 0 Å². The van der Waals surface area contributed by atoms with Crippen LogP contribution in [0.4, 0.5) is 17.6 Å². The SMILES string of the molecule is N[C@H]1C[C@@H](N2CC3=C(C2)CN(S(=O)(=O)c2ccc(F)cc2F)C3)CO[C@@H]1c1cc(F)ccc1F. The first-order chi connectivity index (χ1) is 16.1. The highest BCUT2D eigenvalue weighted by Crippen LogP contribution is 2.36. The summed E-state index contributed by atoms with van der Waals surface area (Å²) in [6, 6.07) is 5.02. The molecule has 0 spiro atoms. The second-order valence-corrected chi connectivity index (χ2v) is 10.8. The number of nitrogens with two attached hydrogens (primary N) is 1. The molecule has 3 heterocycles. The Morgan fingerprint density at radius 2 is 1.53 bits per heavy atom. The molecule has 182 valence electrons. The van der Waals surface area contributed by atoms with Gasteiger partial charge in [0.1, 0.15) is 34.3 Å². The molecule has 2 aromatic carbocycles. The van der Waals surface area contributed by atoms with Gasteiger partial charge in [0.2, 0.25) is 10.0 Å². The topological polar surface area (TPSA) is 75.9 Å². The van der Waals surface area contributed by atoms with Crippen LogP contribution < -0.4 is 5.73 Å². The van der Waals surface area contributed by atoms with Crippen LogP contribution in [0.2, 0.25) is 0 Å². The van der Waals surface area contributed by atoms with E-state index in [9.17, 15) is 26.0 Å². The number of hydrogen-bond donors (Lipinski definition) is 1. The fraction of sp³-hybridized carbons (Fsp3) is 0.391. The van der Waals surface area contributed by atoms with Crippen LogP contribution in [0.15, 0.2) is 52.4 Å². The maximum Gasteiger partial charge on any atom is 0.246 e. The normalized spacial score (nSPS) is 26.3. The Labute approximate surface area is 194 Å². The van der Waals surface area contributed by atoms with Crippen LogP contribution in [0.1, 0.15) is 18.1 Å². The van der Waals surface area contributed by atoms with Gasteiger partial charge in [0.15, 0.2) is 0 Å². The van der Waals surface area contributed by atoms with Gasteiger partial charge in [-0.05, 0) is 47.9 Å². The maximum atomic E-state index is 14.2. The largest absolute Gasteiger partial charge is 0.370 e. The van der Waals surface area contributed by atoms with Crippen molar-refractivity contribution in [2.24, 2.45) is 5.73 Å². The fourth-order valence-corrected chi connectivity index (χ4v) is 6.45. The minimum Gasteiger partial charge on any atom is -0.370 e. The summed E-state index contributed by atoms with van der Waals surface area (Å²) < 4.78 is 87.8. The fourth-order valence-electron chi connectivity index (χ4n) is 4.98. The lowest BCUT2D eigenvalue weighted by Gasteiger charge is -2.39. The molecule has 1 fully saturated rings. The molecule has 34 heavy (non-hydrogen) atoms. The molecule has 5 rings (SSSR count). The Kier molecular flexibility index (Phi) is 6.01. The van der Waals surface area contributed by atoms with Gasteiger partial charge in [-0.2, -0.15) is 4.31 Å². The van der Waals surface area contributed by atoms with Crippen LogP contribution in [0.25, 0.3) is 0 Å². The van der Waals surface area contributed by atoms with Crippen LogP contribution in [0.3, 0.4) is 0 Å². The zero-order valence-electron chi connectivity index (χ0n) is 18.1. The summed E-state index contributed by atoms with van der Waals surface area (Å²) in [4.78, 5) is 1.58. The van der Waals surface area contributed by atoms with Crippen molar-refractivity contribution in [3.63, 3.8) is 0 Å². The summed E-state index contributed by atoms with van der Waals surface area (Å²) in [5.74, 6) is -3.09. The zero-order chi connectivity index (χ0) is 24.2. The van der Waals surface area contributed by atoms with Crippen LogP contribution in [-0.4, -0.2) is 62.5 Å². The van der Waals surface area contributed by atoms with E-state index in [0.717, 1.165) is 41.5 Å². The highest BCUT2D eigenvalue weighted by atomic mass is 32.2. The number of hydrogen-bond acceptors (Lipinski definition) is 5. The van der Waals surface area contributed by atoms with E-state index in [4.69, 9.17) is 10.5 Å². The minimum absolute atomic E-state index is 0.0620. The molecular formula is C23H23F4N3O3S. The molecule has 0 unspecified atom stereocenters. The molecule has 3 aliphatic rings. The summed E-state index contributed by atoms with van der Waals surface area (Å²) in [6.45, 7) is 1.54. The van der Waals surface area contributed by atoms with Crippen molar-refractivity contribution in [3.05, 3.63) is 76.4 Å². The second kappa shape index (κ2) is 8.72. The van der Waals surface area contributed by atoms with E-state index < -0.39 is 50.3 Å². The number of rotatable bonds is 4. The molecule has 0 aliphatic carbocycles. The predicted molar refractivity (Wildman–Crippen MR) is 115 cm³/mol. The van der Waals surface area contributed by atoms with Crippen molar-refractivity contribution in [2.45, 2.75) is 29.5 Å². The van der Waals surface area contributed by atoms with Gasteiger partial charge in [0.25, 0.3) is 0 Å². The lowest BCUT2D eigenvalue weighted by molar-refractivity contribution is -0.0467. The Balaban J connectivity index is 1.22. The molecule has 2 aromatic rings. The maximum absolute atomic E-state index is 14.2. The van der Waals surface area contributed by atoms with E-state index in [0.29, 0.717) is 25.6 Å². The first kappa shape index (κ1) is 23.4. The summed E-state index contributed by atoms with van der Waals surface area (Å²) in [5.41, 5.74) is 8.22. The van der Waals surface area contributed by atoms with Gasteiger partial charge in [-0.3, -0.25) is 4.90 Å². The number of halogens is 4. The monoisotopic (exact) mass is 497 g/mol. The number of ether oxygens (including phenoxy) is 1. The first-order valence-electron chi connectivity index (χ1n) is 10.8. The van der Waals surface area contributed by atoms with Gasteiger partial charge in [-0.25, -0.2) is 26.0 Å². The van der Waals surface area contributed by atoms with Crippen LogP contribution in [0, 0.1) is 23.3 Å². The van der Waals surface area contributed by atoms with Gasteiger partial charge < -0.3 is 10.5 Å². The standard InChI is InChI=1S/C23H23F4N3O3S/c24-15-1-3-19(26)18(5-15)23-21(28)7-17(12-33-23)29-8-13-10-30(11-14(13)9-29)34(31,32)22-4-2-16(25)6-20(22)27/h1-6,17,21,23H,7-12,28H2/t17-,21+,23-/m1/s1. The van der Waals surface area contributed by atoms with E-state index in [1.165, 1.54) is 4.31 Å². The van der Waals surface area contributed by atoms with Crippen molar-refractivity contribution in [3.8, 4) is 0 Å². The highest BCUT2D eigenvalue weighted by molar-refractivity contribution is 7.89. The third-order valence-electron chi connectivity index (χ3n) is 6.72. The summed E-state index contributed by atoms with van der Waals surface area (Å²) in [7, 11) is -4.10. The van der Waals surface area contributed by atoms with E-state index in [-0.39, 0.29) is 31.3 Å². The van der Waals surface area contributed by atoms with Crippen molar-refractivity contribution < 1.29 is 30.7 Å². The summed E-state index contributed by atoms with van der Waals surface area (Å²) in [5, 5.41) is 0.